The van der Waals surface area contributed by atoms with Crippen LogP contribution in [0.5, 0.6) is 0 Å². The molecular formula is C9H20N4O3S. The second kappa shape index (κ2) is 6.29. The van der Waals surface area contributed by atoms with Crippen molar-refractivity contribution in [3.63, 3.8) is 0 Å². The molecule has 1 aliphatic rings. The maximum atomic E-state index is 11.8. The smallest absolute Gasteiger partial charge is 0.274 e. The van der Waals surface area contributed by atoms with Gasteiger partial charge in [0.2, 0.25) is 5.91 Å². The minimum Gasteiger partial charge on any atom is -0.341 e. The third-order valence-corrected chi connectivity index (χ3v) is 3.34. The van der Waals surface area contributed by atoms with Crippen LogP contribution in [0.2, 0.25) is 0 Å². The maximum Gasteiger partial charge on any atom is 0.274 e. The van der Waals surface area contributed by atoms with Crippen molar-refractivity contribution in [2.75, 3.05) is 19.6 Å². The number of carbonyl (C=O) groups excluding carboxylic acids is 1. The van der Waals surface area contributed by atoms with E-state index in [-0.39, 0.29) is 12.5 Å². The number of likely N-dealkylation sites (tertiary alicyclic amines) is 1. The average Bonchev–Trinajstić information content (AvgIpc) is 2.74. The van der Waals surface area contributed by atoms with Gasteiger partial charge in [-0.2, -0.15) is 8.42 Å². The molecule has 0 saturated carbocycles. The lowest BCUT2D eigenvalue weighted by atomic mass is 10.1. The van der Waals surface area contributed by atoms with Crippen LogP contribution in [0.15, 0.2) is 0 Å². The summed E-state index contributed by atoms with van der Waals surface area (Å²) in [5.41, 5.74) is 5.75. The lowest BCUT2D eigenvalue weighted by Gasteiger charge is -2.20. The summed E-state index contributed by atoms with van der Waals surface area (Å²) in [6.45, 7) is 1.77. The summed E-state index contributed by atoms with van der Waals surface area (Å²) in [6.07, 6.45) is 3.02. The molecule has 0 aromatic heterocycles. The number of hydrogen-bond acceptors (Lipinski definition) is 4. The molecule has 8 heteroatoms. The highest BCUT2D eigenvalue weighted by Crippen LogP contribution is 2.10. The number of nitrogens with one attached hydrogen (secondary N) is 1. The molecule has 1 atom stereocenters. The summed E-state index contributed by atoms with van der Waals surface area (Å²) in [7, 11) is -3.64. The van der Waals surface area contributed by atoms with E-state index in [4.69, 9.17) is 10.9 Å². The predicted molar refractivity (Wildman–Crippen MR) is 64.1 cm³/mol. The number of hydrogen-bond donors (Lipinski definition) is 3. The fraction of sp³-hybridized carbons (Fsp3) is 0.889. The molecule has 1 fully saturated rings. The standard InChI is InChI=1S/C9H20N4O3S/c10-8(4-3-5-12-17(11,15)16)9(14)13-6-1-2-7-13/h8,12H,1-7,10H2,(H2,11,15,16). The Hall–Kier alpha value is -0.700. The molecule has 1 saturated heterocycles. The molecule has 0 aliphatic carbocycles. The summed E-state index contributed by atoms with van der Waals surface area (Å²) in [5.74, 6) is -0.0434. The molecule has 7 nitrogen and oxygen atoms in total. The highest BCUT2D eigenvalue weighted by molar-refractivity contribution is 7.87. The van der Waals surface area contributed by atoms with Gasteiger partial charge in [-0.3, -0.25) is 4.79 Å². The average molecular weight is 264 g/mol. The predicted octanol–water partition coefficient (Wildman–Crippen LogP) is -1.49. The molecule has 1 rings (SSSR count). The molecule has 1 amide bonds. The Bertz CT molecular complexity index is 351. The number of nitrogens with two attached hydrogens (primary N) is 2. The zero-order valence-electron chi connectivity index (χ0n) is 9.76. The van der Waals surface area contributed by atoms with Crippen LogP contribution in [0.3, 0.4) is 0 Å². The normalized spacial score (nSPS) is 18.4. The van der Waals surface area contributed by atoms with Crippen LogP contribution in [-0.4, -0.2) is 44.9 Å². The van der Waals surface area contributed by atoms with Gasteiger partial charge in [0.25, 0.3) is 10.2 Å². The van der Waals surface area contributed by atoms with Crippen LogP contribution in [0.25, 0.3) is 0 Å². The number of amides is 1. The van der Waals surface area contributed by atoms with Gasteiger partial charge in [0.15, 0.2) is 0 Å². The van der Waals surface area contributed by atoms with Gasteiger partial charge in [-0.05, 0) is 25.7 Å². The maximum absolute atomic E-state index is 11.8. The molecule has 17 heavy (non-hydrogen) atoms. The summed E-state index contributed by atoms with van der Waals surface area (Å²) >= 11 is 0. The second-order valence-electron chi connectivity index (χ2n) is 4.22. The Kier molecular flexibility index (Phi) is 5.31. The molecule has 0 aromatic rings. The summed E-state index contributed by atoms with van der Waals surface area (Å²) in [4.78, 5) is 13.5. The van der Waals surface area contributed by atoms with E-state index in [1.807, 2.05) is 0 Å². The van der Waals surface area contributed by atoms with Crippen LogP contribution in [0.1, 0.15) is 25.7 Å². The van der Waals surface area contributed by atoms with Crippen molar-refractivity contribution >= 4 is 16.1 Å². The fourth-order valence-corrected chi connectivity index (χ4v) is 2.26. The first-order chi connectivity index (χ1) is 7.90. The van der Waals surface area contributed by atoms with Gasteiger partial charge < -0.3 is 10.6 Å². The third-order valence-electron chi connectivity index (χ3n) is 2.73. The van der Waals surface area contributed by atoms with Gasteiger partial charge in [-0.25, -0.2) is 9.86 Å². The molecule has 100 valence electrons. The van der Waals surface area contributed by atoms with E-state index in [1.165, 1.54) is 0 Å². The minimum atomic E-state index is -3.64. The largest absolute Gasteiger partial charge is 0.341 e. The molecule has 5 N–H and O–H groups in total. The lowest BCUT2D eigenvalue weighted by Crippen LogP contribution is -2.42. The van der Waals surface area contributed by atoms with Crippen LogP contribution in [0.4, 0.5) is 0 Å². The Balaban J connectivity index is 2.20. The van der Waals surface area contributed by atoms with E-state index < -0.39 is 16.3 Å². The van der Waals surface area contributed by atoms with Crippen LogP contribution < -0.4 is 15.6 Å². The van der Waals surface area contributed by atoms with Crippen molar-refractivity contribution in [1.82, 2.24) is 9.62 Å². The van der Waals surface area contributed by atoms with Gasteiger partial charge in [-0.1, -0.05) is 0 Å². The van der Waals surface area contributed by atoms with Gasteiger partial charge >= 0.3 is 0 Å². The molecule has 0 aromatic carbocycles. The number of nitrogens with zero attached hydrogens (tertiary/aromatic N) is 1. The Morgan fingerprint density at radius 3 is 2.47 bits per heavy atom. The van der Waals surface area contributed by atoms with E-state index in [0.717, 1.165) is 25.9 Å². The molecule has 0 radical (unpaired) electrons. The van der Waals surface area contributed by atoms with Gasteiger partial charge in [0.05, 0.1) is 6.04 Å². The second-order valence-corrected chi connectivity index (χ2v) is 5.60. The highest BCUT2D eigenvalue weighted by Gasteiger charge is 2.23. The zero-order chi connectivity index (χ0) is 12.9. The SMILES string of the molecule is NC(CCCNS(N)(=O)=O)C(=O)N1CCCC1. The number of carbonyl (C=O) groups is 1. The van der Waals surface area contributed by atoms with Crippen molar-refractivity contribution in [1.29, 1.82) is 0 Å². The Labute approximate surface area is 102 Å². The van der Waals surface area contributed by atoms with Crippen molar-refractivity contribution in [2.45, 2.75) is 31.7 Å². The van der Waals surface area contributed by atoms with Gasteiger partial charge in [-0.15, -0.1) is 0 Å². The van der Waals surface area contributed by atoms with Crippen LogP contribution in [0, 0.1) is 0 Å². The highest BCUT2D eigenvalue weighted by atomic mass is 32.2. The van der Waals surface area contributed by atoms with E-state index in [1.54, 1.807) is 4.90 Å². The lowest BCUT2D eigenvalue weighted by molar-refractivity contribution is -0.131. The molecule has 1 aliphatic heterocycles. The Morgan fingerprint density at radius 2 is 1.94 bits per heavy atom. The van der Waals surface area contributed by atoms with E-state index in [9.17, 15) is 13.2 Å². The molecule has 0 spiro atoms. The molecule has 0 bridgehead atoms. The van der Waals surface area contributed by atoms with Crippen LogP contribution in [-0.2, 0) is 15.0 Å². The van der Waals surface area contributed by atoms with Crippen molar-refractivity contribution in [3.05, 3.63) is 0 Å². The quantitative estimate of drug-likeness (QED) is 0.506. The minimum absolute atomic E-state index is 0.0434. The third kappa shape index (κ3) is 5.44. The van der Waals surface area contributed by atoms with Crippen molar-refractivity contribution in [3.8, 4) is 0 Å². The summed E-state index contributed by atoms with van der Waals surface area (Å²) < 4.78 is 23.3. The van der Waals surface area contributed by atoms with Gasteiger partial charge in [0.1, 0.15) is 0 Å². The van der Waals surface area contributed by atoms with Crippen molar-refractivity contribution < 1.29 is 13.2 Å². The van der Waals surface area contributed by atoms with Gasteiger partial charge in [0, 0.05) is 19.6 Å². The number of rotatable bonds is 6. The van der Waals surface area contributed by atoms with E-state index in [0.29, 0.717) is 12.8 Å². The fourth-order valence-electron chi connectivity index (χ4n) is 1.83. The molecule has 1 unspecified atom stereocenters. The first-order valence-electron chi connectivity index (χ1n) is 5.72. The van der Waals surface area contributed by atoms with E-state index >= 15 is 0 Å². The molecular weight excluding hydrogens is 244 g/mol. The zero-order valence-corrected chi connectivity index (χ0v) is 10.6. The van der Waals surface area contributed by atoms with Crippen LogP contribution >= 0.6 is 0 Å². The summed E-state index contributed by atoms with van der Waals surface area (Å²) in [6, 6.07) is -0.546. The van der Waals surface area contributed by atoms with E-state index in [2.05, 4.69) is 4.72 Å². The monoisotopic (exact) mass is 264 g/mol. The topological polar surface area (TPSA) is 119 Å². The Morgan fingerprint density at radius 1 is 1.35 bits per heavy atom. The summed E-state index contributed by atoms with van der Waals surface area (Å²) in [5, 5.41) is 4.77. The van der Waals surface area contributed by atoms with Crippen molar-refractivity contribution in [2.24, 2.45) is 10.9 Å². The first-order valence-corrected chi connectivity index (χ1v) is 7.26. The molecule has 1 heterocycles. The first kappa shape index (κ1) is 14.4.